The van der Waals surface area contributed by atoms with Gasteiger partial charge in [0.15, 0.2) is 0 Å². The van der Waals surface area contributed by atoms with Crippen LogP contribution < -0.4 is 5.32 Å². The summed E-state index contributed by atoms with van der Waals surface area (Å²) in [5.74, 6) is 0. The Kier molecular flexibility index (Phi) is 2.76. The fourth-order valence-corrected chi connectivity index (χ4v) is 2.08. The van der Waals surface area contributed by atoms with Gasteiger partial charge in [-0.1, -0.05) is 24.3 Å². The maximum Gasteiger partial charge on any atom is 0.379 e. The summed E-state index contributed by atoms with van der Waals surface area (Å²) in [7, 11) is 0. The molecule has 0 aromatic heterocycles. The Labute approximate surface area is 87.7 Å². The smallest absolute Gasteiger partial charge is 0.327 e. The highest BCUT2D eigenvalue weighted by Gasteiger charge is 2.21. The van der Waals surface area contributed by atoms with Crippen LogP contribution in [0.1, 0.15) is 30.0 Å². The molecule has 0 aliphatic heterocycles. The van der Waals surface area contributed by atoms with Crippen molar-refractivity contribution in [1.29, 1.82) is 0 Å². The molecule has 0 radical (unpaired) electrons. The van der Waals surface area contributed by atoms with Crippen LogP contribution in [0.3, 0.4) is 0 Å². The van der Waals surface area contributed by atoms with Gasteiger partial charge in [0.2, 0.25) is 0 Å². The molecule has 0 saturated heterocycles. The van der Waals surface area contributed by atoms with E-state index in [1.807, 2.05) is 18.2 Å². The molecule has 0 bridgehead atoms. The van der Waals surface area contributed by atoms with E-state index in [1.54, 1.807) is 0 Å². The zero-order valence-corrected chi connectivity index (χ0v) is 8.27. The molecule has 1 aliphatic carbocycles. The van der Waals surface area contributed by atoms with Crippen LogP contribution in [0.5, 0.6) is 0 Å². The van der Waals surface area contributed by atoms with Crippen molar-refractivity contribution in [3.8, 4) is 0 Å². The number of aryl methyl sites for hydroxylation is 1. The average molecular weight is 204 g/mol. The molecule has 2 amide bonds. The lowest BCUT2D eigenvalue weighted by Gasteiger charge is -2.25. The van der Waals surface area contributed by atoms with Gasteiger partial charge in [0.25, 0.3) is 0 Å². The fraction of sp³-hybridized carbons (Fsp3) is 0.364. The number of rotatable bonds is 1. The van der Waals surface area contributed by atoms with E-state index in [2.05, 4.69) is 16.6 Å². The van der Waals surface area contributed by atoms with Crippen molar-refractivity contribution in [2.45, 2.75) is 25.3 Å². The summed E-state index contributed by atoms with van der Waals surface area (Å²) >= 11 is 0. The van der Waals surface area contributed by atoms with Crippen LogP contribution in [0.15, 0.2) is 29.4 Å². The summed E-state index contributed by atoms with van der Waals surface area (Å²) in [5.41, 5.74) is 2.36. The summed E-state index contributed by atoms with van der Waals surface area (Å²) in [6.45, 7) is 0. The van der Waals surface area contributed by atoms with E-state index in [-0.39, 0.29) is 6.04 Å². The van der Waals surface area contributed by atoms with E-state index in [1.165, 1.54) is 5.56 Å². The van der Waals surface area contributed by atoms with Crippen molar-refractivity contribution in [2.24, 2.45) is 5.18 Å². The zero-order chi connectivity index (χ0) is 10.7. The molecular weight excluding hydrogens is 192 g/mol. The first-order valence-electron chi connectivity index (χ1n) is 5.03. The highest BCUT2D eigenvalue weighted by Crippen LogP contribution is 2.29. The summed E-state index contributed by atoms with van der Waals surface area (Å²) in [6.07, 6.45) is 2.94. The number of fused-ring (bicyclic) bond motifs is 1. The van der Waals surface area contributed by atoms with Crippen molar-refractivity contribution in [2.75, 3.05) is 0 Å². The lowest BCUT2D eigenvalue weighted by Crippen LogP contribution is -2.28. The number of hydrogen-bond donors (Lipinski definition) is 1. The minimum atomic E-state index is -0.781. The lowest BCUT2D eigenvalue weighted by molar-refractivity contribution is 0.244. The predicted octanol–water partition coefficient (Wildman–Crippen LogP) is 2.54. The number of nitrogens with one attached hydrogen (secondary N) is 1. The molecule has 1 N–H and O–H groups in total. The maximum absolute atomic E-state index is 10.9. The molecule has 0 heterocycles. The van der Waals surface area contributed by atoms with Crippen molar-refractivity contribution < 1.29 is 4.79 Å². The van der Waals surface area contributed by atoms with Gasteiger partial charge in [0, 0.05) is 5.18 Å². The molecule has 0 saturated carbocycles. The number of urea groups is 1. The number of carbonyl (C=O) groups is 1. The number of nitroso groups, excluding NO2 is 1. The fourth-order valence-electron chi connectivity index (χ4n) is 2.08. The van der Waals surface area contributed by atoms with Crippen LogP contribution in [0, 0.1) is 4.91 Å². The Morgan fingerprint density at radius 3 is 3.00 bits per heavy atom. The number of nitrogens with zero attached hydrogens (tertiary/aromatic N) is 1. The van der Waals surface area contributed by atoms with Crippen molar-refractivity contribution in [3.05, 3.63) is 40.3 Å². The van der Waals surface area contributed by atoms with E-state index < -0.39 is 6.03 Å². The van der Waals surface area contributed by atoms with Crippen LogP contribution in [0.25, 0.3) is 0 Å². The minimum absolute atomic E-state index is 0.0554. The van der Waals surface area contributed by atoms with Crippen LogP contribution in [0.2, 0.25) is 0 Å². The molecule has 0 fully saturated rings. The van der Waals surface area contributed by atoms with Crippen molar-refractivity contribution >= 4 is 6.03 Å². The van der Waals surface area contributed by atoms with E-state index in [0.29, 0.717) is 0 Å². The lowest BCUT2D eigenvalue weighted by atomic mass is 9.88. The molecule has 4 heteroatoms. The Hall–Kier alpha value is -1.71. The van der Waals surface area contributed by atoms with Gasteiger partial charge in [-0.3, -0.25) is 0 Å². The third kappa shape index (κ3) is 2.03. The largest absolute Gasteiger partial charge is 0.379 e. The van der Waals surface area contributed by atoms with Crippen LogP contribution >= 0.6 is 0 Å². The highest BCUT2D eigenvalue weighted by atomic mass is 16.3. The van der Waals surface area contributed by atoms with Gasteiger partial charge in [0.05, 0.1) is 6.04 Å². The van der Waals surface area contributed by atoms with Crippen LogP contribution in [-0.2, 0) is 6.42 Å². The molecule has 1 unspecified atom stereocenters. The van der Waals surface area contributed by atoms with E-state index in [0.717, 1.165) is 24.8 Å². The Bertz CT molecular complexity index is 390. The second-order valence-corrected chi connectivity index (χ2v) is 3.68. The monoisotopic (exact) mass is 204 g/mol. The number of hydrogen-bond acceptors (Lipinski definition) is 2. The molecule has 1 aromatic rings. The molecule has 4 nitrogen and oxygen atoms in total. The SMILES string of the molecule is O=NC(=O)NC1CCCc2ccccc21. The van der Waals surface area contributed by atoms with Crippen LogP contribution in [-0.4, -0.2) is 6.03 Å². The predicted molar refractivity (Wildman–Crippen MR) is 56.4 cm³/mol. The minimum Gasteiger partial charge on any atom is -0.327 e. The molecule has 15 heavy (non-hydrogen) atoms. The second kappa shape index (κ2) is 4.21. The molecule has 2 rings (SSSR count). The van der Waals surface area contributed by atoms with Crippen LogP contribution in [0.4, 0.5) is 4.79 Å². The van der Waals surface area contributed by atoms with Gasteiger partial charge < -0.3 is 5.32 Å². The Morgan fingerprint density at radius 2 is 2.20 bits per heavy atom. The van der Waals surface area contributed by atoms with Gasteiger partial charge in [-0.05, 0) is 30.4 Å². The molecular formula is C11H12N2O2. The first-order chi connectivity index (χ1) is 7.31. The first-order valence-corrected chi connectivity index (χ1v) is 5.03. The first kappa shape index (κ1) is 9.83. The number of carbonyl (C=O) groups excluding carboxylic acids is 1. The molecule has 78 valence electrons. The van der Waals surface area contributed by atoms with Gasteiger partial charge in [0.1, 0.15) is 0 Å². The molecule has 1 aliphatic rings. The molecule has 1 atom stereocenters. The quantitative estimate of drug-likeness (QED) is 0.714. The maximum atomic E-state index is 10.9. The van der Waals surface area contributed by atoms with Gasteiger partial charge in [-0.15, -0.1) is 4.91 Å². The molecule has 1 aromatic carbocycles. The zero-order valence-electron chi connectivity index (χ0n) is 8.27. The van der Waals surface area contributed by atoms with E-state index in [9.17, 15) is 9.70 Å². The number of amides is 2. The van der Waals surface area contributed by atoms with E-state index >= 15 is 0 Å². The third-order valence-corrected chi connectivity index (χ3v) is 2.75. The topological polar surface area (TPSA) is 58.5 Å². The third-order valence-electron chi connectivity index (χ3n) is 2.75. The highest BCUT2D eigenvalue weighted by molar-refractivity contribution is 5.75. The van der Waals surface area contributed by atoms with Gasteiger partial charge in [-0.25, -0.2) is 4.79 Å². The summed E-state index contributed by atoms with van der Waals surface area (Å²) < 4.78 is 0. The van der Waals surface area contributed by atoms with Gasteiger partial charge in [-0.2, -0.15) is 0 Å². The number of benzene rings is 1. The van der Waals surface area contributed by atoms with Gasteiger partial charge >= 0.3 is 6.03 Å². The normalized spacial score (nSPS) is 19.1. The summed E-state index contributed by atoms with van der Waals surface area (Å²) in [5, 5.41) is 4.96. The Morgan fingerprint density at radius 1 is 1.40 bits per heavy atom. The van der Waals surface area contributed by atoms with Crippen molar-refractivity contribution in [3.63, 3.8) is 0 Å². The van der Waals surface area contributed by atoms with Crippen molar-refractivity contribution in [1.82, 2.24) is 5.32 Å². The average Bonchev–Trinajstić information content (AvgIpc) is 2.29. The standard InChI is InChI=1S/C11H12N2O2/c14-11(13-15)12-10-7-3-5-8-4-1-2-6-9(8)10/h1-2,4,6,10H,3,5,7H2,(H,12,14). The summed E-state index contributed by atoms with van der Waals surface area (Å²) in [6, 6.07) is 7.14. The van der Waals surface area contributed by atoms with E-state index in [4.69, 9.17) is 0 Å². The summed E-state index contributed by atoms with van der Waals surface area (Å²) in [4.78, 5) is 20.9. The molecule has 0 spiro atoms. The second-order valence-electron chi connectivity index (χ2n) is 3.68. The Balaban J connectivity index is 2.22.